The van der Waals surface area contributed by atoms with Crippen molar-refractivity contribution in [2.24, 2.45) is 0 Å². The Labute approximate surface area is 204 Å². The van der Waals surface area contributed by atoms with Gasteiger partial charge in [0.1, 0.15) is 0 Å². The van der Waals surface area contributed by atoms with Gasteiger partial charge in [0.25, 0.3) is 0 Å². The zero-order valence-corrected chi connectivity index (χ0v) is 19.5. The molecule has 4 aromatic rings. The van der Waals surface area contributed by atoms with E-state index >= 15 is 0 Å². The fourth-order valence-electron chi connectivity index (χ4n) is 5.87. The van der Waals surface area contributed by atoms with Crippen molar-refractivity contribution in [3.8, 4) is 11.1 Å². The Kier molecular flexibility index (Phi) is 5.02. The molecule has 0 nitrogen and oxygen atoms in total. The highest BCUT2D eigenvalue weighted by atomic mass is 35.5. The van der Waals surface area contributed by atoms with Crippen LogP contribution < -0.4 is 0 Å². The number of allylic oxidation sites excluding steroid dienone is 4. The predicted molar refractivity (Wildman–Crippen MR) is 139 cm³/mol. The molecule has 0 saturated carbocycles. The van der Waals surface area contributed by atoms with Gasteiger partial charge < -0.3 is 0 Å². The zero-order valence-electron chi connectivity index (χ0n) is 18.0. The normalized spacial score (nSPS) is 14.8. The predicted octanol–water partition coefficient (Wildman–Crippen LogP) is 8.98. The first kappa shape index (κ1) is 20.5. The summed E-state index contributed by atoms with van der Waals surface area (Å²) in [4.78, 5) is 0. The van der Waals surface area contributed by atoms with Crippen LogP contribution in [-0.2, 0) is 5.41 Å². The molecule has 4 aromatic carbocycles. The molecular weight excluding hydrogens is 443 g/mol. The van der Waals surface area contributed by atoms with Crippen molar-refractivity contribution >= 4 is 23.2 Å². The molecule has 6 rings (SSSR count). The SMILES string of the molecule is Clc1ccc2c(c1)C(C(C1=CC=CC1)(c1ccccc1)c1ccccc1)c1cc(Cl)ccc1-2. The van der Waals surface area contributed by atoms with Crippen LogP contribution in [0.2, 0.25) is 10.0 Å². The lowest BCUT2D eigenvalue weighted by Crippen LogP contribution is -2.37. The van der Waals surface area contributed by atoms with E-state index in [9.17, 15) is 0 Å². The maximum Gasteiger partial charge on any atom is 0.0526 e. The Balaban J connectivity index is 1.77. The number of benzene rings is 4. The second-order valence-electron chi connectivity index (χ2n) is 8.76. The van der Waals surface area contributed by atoms with Gasteiger partial charge in [0.2, 0.25) is 0 Å². The lowest BCUT2D eigenvalue weighted by molar-refractivity contribution is 0.527. The lowest BCUT2D eigenvalue weighted by Gasteiger charge is -2.43. The molecule has 0 aromatic heterocycles. The van der Waals surface area contributed by atoms with Gasteiger partial charge in [-0.2, -0.15) is 0 Å². The van der Waals surface area contributed by atoms with Gasteiger partial charge >= 0.3 is 0 Å². The van der Waals surface area contributed by atoms with Crippen LogP contribution in [0.15, 0.2) is 121 Å². The van der Waals surface area contributed by atoms with E-state index in [1.165, 1.54) is 39.0 Å². The molecule has 0 atom stereocenters. The van der Waals surface area contributed by atoms with Gasteiger partial charge in [-0.3, -0.25) is 0 Å². The summed E-state index contributed by atoms with van der Waals surface area (Å²) in [5.74, 6) is 0.0378. The van der Waals surface area contributed by atoms with Crippen LogP contribution in [0.4, 0.5) is 0 Å². The third kappa shape index (κ3) is 3.13. The number of hydrogen-bond donors (Lipinski definition) is 0. The van der Waals surface area contributed by atoms with Crippen LogP contribution in [0.1, 0.15) is 34.6 Å². The number of halogens is 2. The van der Waals surface area contributed by atoms with Crippen LogP contribution in [0, 0.1) is 0 Å². The summed E-state index contributed by atoms with van der Waals surface area (Å²) in [7, 11) is 0. The Bertz CT molecular complexity index is 1310. The Morgan fingerprint density at radius 1 is 0.636 bits per heavy atom. The average molecular weight is 465 g/mol. The molecule has 0 spiro atoms. The van der Waals surface area contributed by atoms with E-state index in [0.717, 1.165) is 16.5 Å². The molecule has 2 aliphatic rings. The van der Waals surface area contributed by atoms with Gasteiger partial charge in [0.15, 0.2) is 0 Å². The fraction of sp³-hybridized carbons (Fsp3) is 0.0968. The van der Waals surface area contributed by atoms with Crippen molar-refractivity contribution in [2.75, 3.05) is 0 Å². The third-order valence-corrected chi connectivity index (χ3v) is 7.58. The molecule has 0 saturated heterocycles. The van der Waals surface area contributed by atoms with Crippen molar-refractivity contribution in [3.63, 3.8) is 0 Å². The van der Waals surface area contributed by atoms with E-state index in [2.05, 4.69) is 103 Å². The monoisotopic (exact) mass is 464 g/mol. The summed E-state index contributed by atoms with van der Waals surface area (Å²) >= 11 is 13.2. The Morgan fingerprint density at radius 3 is 1.61 bits per heavy atom. The minimum Gasteiger partial charge on any atom is -0.0843 e. The number of fused-ring (bicyclic) bond motifs is 3. The summed E-state index contributed by atoms with van der Waals surface area (Å²) in [6.45, 7) is 0. The second kappa shape index (κ2) is 8.06. The van der Waals surface area contributed by atoms with Gasteiger partial charge in [-0.05, 0) is 64.1 Å². The molecule has 0 N–H and O–H groups in total. The van der Waals surface area contributed by atoms with Crippen molar-refractivity contribution < 1.29 is 0 Å². The summed E-state index contributed by atoms with van der Waals surface area (Å²) in [5, 5.41) is 1.51. The summed E-state index contributed by atoms with van der Waals surface area (Å²) in [5.41, 5.74) is 8.49. The Morgan fingerprint density at radius 2 is 1.15 bits per heavy atom. The van der Waals surface area contributed by atoms with Crippen LogP contribution in [0.3, 0.4) is 0 Å². The molecule has 0 aliphatic heterocycles. The van der Waals surface area contributed by atoms with Gasteiger partial charge in [-0.25, -0.2) is 0 Å². The standard InChI is InChI=1S/C31H22Cl2/c32-24-15-17-26-27-18-16-25(33)20-29(27)30(28(26)19-24)31(23-13-7-8-14-23,21-9-3-1-4-10-21)22-11-5-2-6-12-22/h1-13,15-20,30H,14H2. The van der Waals surface area contributed by atoms with Crippen molar-refractivity contribution in [1.82, 2.24) is 0 Å². The maximum atomic E-state index is 6.61. The second-order valence-corrected chi connectivity index (χ2v) is 9.63. The summed E-state index contributed by atoms with van der Waals surface area (Å²) in [6.07, 6.45) is 7.64. The first-order valence-corrected chi connectivity index (χ1v) is 12.0. The topological polar surface area (TPSA) is 0 Å². The molecule has 0 unspecified atom stereocenters. The minimum absolute atomic E-state index is 0.0378. The highest BCUT2D eigenvalue weighted by molar-refractivity contribution is 6.31. The zero-order chi connectivity index (χ0) is 22.4. The van der Waals surface area contributed by atoms with E-state index < -0.39 is 5.41 Å². The largest absolute Gasteiger partial charge is 0.0843 e. The molecule has 0 bridgehead atoms. The van der Waals surface area contributed by atoms with E-state index in [1.54, 1.807) is 0 Å². The molecule has 33 heavy (non-hydrogen) atoms. The van der Waals surface area contributed by atoms with Crippen molar-refractivity contribution in [1.29, 1.82) is 0 Å². The molecule has 0 amide bonds. The summed E-state index contributed by atoms with van der Waals surface area (Å²) in [6, 6.07) is 34.4. The van der Waals surface area contributed by atoms with Crippen LogP contribution in [0.25, 0.3) is 11.1 Å². The van der Waals surface area contributed by atoms with Gasteiger partial charge in [0.05, 0.1) is 5.41 Å². The van der Waals surface area contributed by atoms with Crippen molar-refractivity contribution in [2.45, 2.75) is 17.8 Å². The third-order valence-electron chi connectivity index (χ3n) is 7.11. The first-order chi connectivity index (χ1) is 16.2. The molecule has 0 fully saturated rings. The van der Waals surface area contributed by atoms with E-state index in [0.29, 0.717) is 0 Å². The minimum atomic E-state index is -0.401. The quantitative estimate of drug-likeness (QED) is 0.282. The molecule has 2 aliphatic carbocycles. The van der Waals surface area contributed by atoms with Crippen LogP contribution in [0.5, 0.6) is 0 Å². The lowest BCUT2D eigenvalue weighted by atomic mass is 9.58. The highest BCUT2D eigenvalue weighted by Gasteiger charge is 2.50. The smallest absolute Gasteiger partial charge is 0.0526 e. The highest BCUT2D eigenvalue weighted by Crippen LogP contribution is 2.60. The fourth-order valence-corrected chi connectivity index (χ4v) is 6.23. The average Bonchev–Trinajstić information content (AvgIpc) is 3.49. The Hall–Kier alpha value is -3.06. The first-order valence-electron chi connectivity index (χ1n) is 11.3. The molecule has 160 valence electrons. The van der Waals surface area contributed by atoms with Gasteiger partial charge in [-0.1, -0.05) is 120 Å². The van der Waals surface area contributed by atoms with Gasteiger partial charge in [-0.15, -0.1) is 0 Å². The van der Waals surface area contributed by atoms with Crippen molar-refractivity contribution in [3.05, 3.63) is 153 Å². The number of rotatable bonds is 4. The van der Waals surface area contributed by atoms with E-state index in [1.807, 2.05) is 12.1 Å². The van der Waals surface area contributed by atoms with E-state index in [4.69, 9.17) is 23.2 Å². The number of hydrogen-bond acceptors (Lipinski definition) is 0. The molecular formula is C31H22Cl2. The van der Waals surface area contributed by atoms with Gasteiger partial charge in [0, 0.05) is 16.0 Å². The molecule has 0 heterocycles. The van der Waals surface area contributed by atoms with Crippen LogP contribution in [-0.4, -0.2) is 0 Å². The maximum absolute atomic E-state index is 6.61. The summed E-state index contributed by atoms with van der Waals surface area (Å²) < 4.78 is 0. The van der Waals surface area contributed by atoms with E-state index in [-0.39, 0.29) is 5.92 Å². The molecule has 2 heteroatoms. The molecule has 0 radical (unpaired) electrons. The van der Waals surface area contributed by atoms with Crippen LogP contribution >= 0.6 is 23.2 Å².